The van der Waals surface area contributed by atoms with Crippen molar-refractivity contribution in [3.8, 4) is 0 Å². The molecule has 5 heteroatoms. The van der Waals surface area contributed by atoms with Gasteiger partial charge in [0.15, 0.2) is 0 Å². The van der Waals surface area contributed by atoms with Crippen molar-refractivity contribution in [2.24, 2.45) is 5.92 Å². The third kappa shape index (κ3) is 3.79. The van der Waals surface area contributed by atoms with Gasteiger partial charge < -0.3 is 10.3 Å². The highest BCUT2D eigenvalue weighted by Crippen LogP contribution is 2.22. The van der Waals surface area contributed by atoms with Gasteiger partial charge in [-0.25, -0.2) is 4.98 Å². The lowest BCUT2D eigenvalue weighted by Crippen LogP contribution is -2.32. The first-order valence-corrected chi connectivity index (χ1v) is 8.78. The van der Waals surface area contributed by atoms with Gasteiger partial charge >= 0.3 is 0 Å². The van der Waals surface area contributed by atoms with E-state index >= 15 is 0 Å². The van der Waals surface area contributed by atoms with Crippen LogP contribution < -0.4 is 5.32 Å². The summed E-state index contributed by atoms with van der Waals surface area (Å²) in [5.41, 5.74) is 1.93. The van der Waals surface area contributed by atoms with Crippen LogP contribution in [-0.2, 0) is 11.2 Å². The smallest absolute Gasteiger partial charge is 0.220 e. The number of H-pyrrole nitrogens is 1. The van der Waals surface area contributed by atoms with Crippen molar-refractivity contribution in [1.29, 1.82) is 0 Å². The maximum atomic E-state index is 12.3. The number of imidazole rings is 1. The van der Waals surface area contributed by atoms with E-state index in [4.69, 9.17) is 0 Å². The molecule has 0 fully saturated rings. The SMILES string of the molecule is CC(C)C(NC(=O)CCc1cccs1)c1nc2ccccc2[nH]1. The topological polar surface area (TPSA) is 57.8 Å². The molecule has 0 saturated heterocycles. The number of aromatic amines is 1. The fraction of sp³-hybridized carbons (Fsp3) is 0.333. The Morgan fingerprint density at radius 3 is 2.78 bits per heavy atom. The average molecular weight is 327 g/mol. The second-order valence-electron chi connectivity index (χ2n) is 6.01. The molecule has 0 aliphatic heterocycles. The van der Waals surface area contributed by atoms with Crippen molar-refractivity contribution in [1.82, 2.24) is 15.3 Å². The van der Waals surface area contributed by atoms with Crippen LogP contribution >= 0.6 is 11.3 Å². The highest BCUT2D eigenvalue weighted by molar-refractivity contribution is 7.09. The zero-order valence-corrected chi connectivity index (χ0v) is 14.2. The van der Waals surface area contributed by atoms with Gasteiger partial charge in [0.1, 0.15) is 5.82 Å². The standard InChI is InChI=1S/C18H21N3OS/c1-12(2)17(18-19-14-7-3-4-8-15(14)20-18)21-16(22)10-9-13-6-5-11-23-13/h3-8,11-12,17H,9-10H2,1-2H3,(H,19,20)(H,21,22). The Morgan fingerprint density at radius 2 is 2.09 bits per heavy atom. The monoisotopic (exact) mass is 327 g/mol. The molecule has 0 aliphatic rings. The third-order valence-corrected chi connectivity index (χ3v) is 4.80. The summed E-state index contributed by atoms with van der Waals surface area (Å²) in [4.78, 5) is 21.5. The number of nitrogens with one attached hydrogen (secondary N) is 2. The van der Waals surface area contributed by atoms with Crippen molar-refractivity contribution in [3.05, 3.63) is 52.5 Å². The number of aromatic nitrogens is 2. The summed E-state index contributed by atoms with van der Waals surface area (Å²) in [6.07, 6.45) is 1.29. The maximum absolute atomic E-state index is 12.3. The first-order chi connectivity index (χ1) is 11.1. The largest absolute Gasteiger partial charge is 0.346 e. The van der Waals surface area contributed by atoms with Crippen molar-refractivity contribution >= 4 is 28.3 Å². The van der Waals surface area contributed by atoms with Gasteiger partial charge in [0.05, 0.1) is 17.1 Å². The molecule has 2 N–H and O–H groups in total. The van der Waals surface area contributed by atoms with Crippen molar-refractivity contribution in [2.45, 2.75) is 32.7 Å². The van der Waals surface area contributed by atoms with Crippen LogP contribution in [0.5, 0.6) is 0 Å². The zero-order valence-electron chi connectivity index (χ0n) is 13.4. The van der Waals surface area contributed by atoms with Gasteiger partial charge in [0, 0.05) is 11.3 Å². The molecule has 0 saturated carbocycles. The first kappa shape index (κ1) is 15.7. The number of nitrogens with zero attached hydrogens (tertiary/aromatic N) is 1. The van der Waals surface area contributed by atoms with E-state index in [1.807, 2.05) is 35.7 Å². The van der Waals surface area contributed by atoms with Crippen LogP contribution in [-0.4, -0.2) is 15.9 Å². The quantitative estimate of drug-likeness (QED) is 0.717. The molecule has 0 spiro atoms. The van der Waals surface area contributed by atoms with Crippen molar-refractivity contribution in [3.63, 3.8) is 0 Å². The molecule has 1 unspecified atom stereocenters. The van der Waals surface area contributed by atoms with Gasteiger partial charge in [-0.15, -0.1) is 11.3 Å². The van der Waals surface area contributed by atoms with Crippen LogP contribution in [0, 0.1) is 5.92 Å². The minimum absolute atomic E-state index is 0.0672. The second kappa shape index (κ2) is 6.96. The Hall–Kier alpha value is -2.14. The number of hydrogen-bond acceptors (Lipinski definition) is 3. The molecule has 3 rings (SSSR count). The van der Waals surface area contributed by atoms with E-state index in [2.05, 4.69) is 35.2 Å². The minimum Gasteiger partial charge on any atom is -0.346 e. The zero-order chi connectivity index (χ0) is 16.2. The highest BCUT2D eigenvalue weighted by Gasteiger charge is 2.21. The fourth-order valence-electron chi connectivity index (χ4n) is 2.61. The molecule has 23 heavy (non-hydrogen) atoms. The predicted octanol–water partition coefficient (Wildman–Crippen LogP) is 4.07. The van der Waals surface area contributed by atoms with E-state index in [1.54, 1.807) is 11.3 Å². The molecule has 2 aromatic heterocycles. The van der Waals surface area contributed by atoms with Gasteiger partial charge in [-0.2, -0.15) is 0 Å². The molecule has 0 bridgehead atoms. The number of carbonyl (C=O) groups excluding carboxylic acids is 1. The van der Waals surface area contributed by atoms with Gasteiger partial charge in [0.25, 0.3) is 0 Å². The van der Waals surface area contributed by atoms with E-state index in [9.17, 15) is 4.79 Å². The minimum atomic E-state index is -0.0989. The molecule has 0 aliphatic carbocycles. The van der Waals surface area contributed by atoms with Crippen LogP contribution in [0.25, 0.3) is 11.0 Å². The molecule has 1 aromatic carbocycles. The lowest BCUT2D eigenvalue weighted by atomic mass is 10.0. The van der Waals surface area contributed by atoms with Crippen molar-refractivity contribution in [2.75, 3.05) is 0 Å². The molecule has 0 radical (unpaired) electrons. The third-order valence-electron chi connectivity index (χ3n) is 3.86. The normalized spacial score (nSPS) is 12.7. The predicted molar refractivity (Wildman–Crippen MR) is 94.5 cm³/mol. The van der Waals surface area contributed by atoms with E-state index < -0.39 is 0 Å². The Morgan fingerprint density at radius 1 is 1.26 bits per heavy atom. The summed E-state index contributed by atoms with van der Waals surface area (Å²) in [6.45, 7) is 4.19. The van der Waals surface area contributed by atoms with E-state index in [1.165, 1.54) is 4.88 Å². The summed E-state index contributed by atoms with van der Waals surface area (Å²) in [6, 6.07) is 11.9. The first-order valence-electron chi connectivity index (χ1n) is 7.90. The molecule has 2 heterocycles. The average Bonchev–Trinajstić information content (AvgIpc) is 3.19. The van der Waals surface area contributed by atoms with Gasteiger partial charge in [-0.1, -0.05) is 32.0 Å². The lowest BCUT2D eigenvalue weighted by Gasteiger charge is -2.20. The van der Waals surface area contributed by atoms with E-state index in [0.29, 0.717) is 6.42 Å². The fourth-order valence-corrected chi connectivity index (χ4v) is 3.32. The number of fused-ring (bicyclic) bond motifs is 1. The second-order valence-corrected chi connectivity index (χ2v) is 7.04. The van der Waals surface area contributed by atoms with Crippen LogP contribution in [0.2, 0.25) is 0 Å². The Labute approximate surface area is 140 Å². The summed E-state index contributed by atoms with van der Waals surface area (Å²) in [7, 11) is 0. The van der Waals surface area contributed by atoms with Gasteiger partial charge in [-0.05, 0) is 35.9 Å². The van der Waals surface area contributed by atoms with E-state index in [0.717, 1.165) is 23.3 Å². The van der Waals surface area contributed by atoms with Crippen LogP contribution in [0.15, 0.2) is 41.8 Å². The number of amides is 1. The summed E-state index contributed by atoms with van der Waals surface area (Å²) in [5, 5.41) is 5.17. The Bertz CT molecular complexity index is 744. The number of aryl methyl sites for hydroxylation is 1. The van der Waals surface area contributed by atoms with Crippen molar-refractivity contribution < 1.29 is 4.79 Å². The molecule has 4 nitrogen and oxygen atoms in total. The maximum Gasteiger partial charge on any atom is 0.220 e. The molecular weight excluding hydrogens is 306 g/mol. The number of para-hydroxylation sites is 2. The summed E-state index contributed by atoms with van der Waals surface area (Å²) in [5.74, 6) is 1.16. The Balaban J connectivity index is 1.69. The molecule has 1 atom stereocenters. The number of rotatable bonds is 6. The highest BCUT2D eigenvalue weighted by atomic mass is 32.1. The summed E-state index contributed by atoms with van der Waals surface area (Å²) < 4.78 is 0. The molecule has 3 aromatic rings. The Kier molecular flexibility index (Phi) is 4.76. The molecule has 120 valence electrons. The number of benzene rings is 1. The van der Waals surface area contributed by atoms with Crippen LogP contribution in [0.1, 0.15) is 37.0 Å². The number of hydrogen-bond donors (Lipinski definition) is 2. The van der Waals surface area contributed by atoms with Crippen LogP contribution in [0.3, 0.4) is 0 Å². The summed E-state index contributed by atoms with van der Waals surface area (Å²) >= 11 is 1.69. The lowest BCUT2D eigenvalue weighted by molar-refractivity contribution is -0.122. The molecule has 1 amide bonds. The number of carbonyl (C=O) groups is 1. The number of thiophene rings is 1. The van der Waals surface area contributed by atoms with Crippen LogP contribution in [0.4, 0.5) is 0 Å². The van der Waals surface area contributed by atoms with Gasteiger partial charge in [-0.3, -0.25) is 4.79 Å². The van der Waals surface area contributed by atoms with E-state index in [-0.39, 0.29) is 17.9 Å². The molecular formula is C18H21N3OS. The van der Waals surface area contributed by atoms with Gasteiger partial charge in [0.2, 0.25) is 5.91 Å².